The van der Waals surface area contributed by atoms with Gasteiger partial charge in [0.15, 0.2) is 0 Å². The number of sulfonamides is 1. The Kier molecular flexibility index (Phi) is 7.54. The van der Waals surface area contributed by atoms with E-state index in [1.165, 1.54) is 17.7 Å². The molecular weight excluding hydrogens is 465 g/mol. The maximum atomic E-state index is 13.2. The van der Waals surface area contributed by atoms with E-state index < -0.39 is 21.8 Å². The lowest BCUT2D eigenvalue weighted by atomic mass is 9.86. The first kappa shape index (κ1) is 25.0. The van der Waals surface area contributed by atoms with Gasteiger partial charge in [-0.15, -0.1) is 0 Å². The average Bonchev–Trinajstić information content (AvgIpc) is 3.52. The van der Waals surface area contributed by atoms with Gasteiger partial charge in [-0.05, 0) is 91.9 Å². The van der Waals surface area contributed by atoms with E-state index in [-0.39, 0.29) is 36.7 Å². The van der Waals surface area contributed by atoms with Gasteiger partial charge < -0.3 is 10.1 Å². The number of rotatable bonds is 11. The Bertz CT molecular complexity index is 1100. The molecule has 34 heavy (non-hydrogen) atoms. The molecule has 2 unspecified atom stereocenters. The summed E-state index contributed by atoms with van der Waals surface area (Å²) in [6, 6.07) is 11.4. The topological polar surface area (TPSA) is 67.4 Å². The van der Waals surface area contributed by atoms with Crippen LogP contribution >= 0.6 is 0 Å². The van der Waals surface area contributed by atoms with Crippen LogP contribution in [0.15, 0.2) is 42.5 Å². The van der Waals surface area contributed by atoms with Crippen molar-refractivity contribution in [2.24, 2.45) is 11.8 Å². The lowest BCUT2D eigenvalue weighted by molar-refractivity contribution is -0.137. The molecule has 0 aromatic heterocycles. The SMILES string of the molecule is CNCC1Cc2ccc(OCCNS(=O)(=O)CC3CC3)cc2C1Cc1cccc(C(F)(F)F)c1. The zero-order chi connectivity index (χ0) is 24.3. The summed E-state index contributed by atoms with van der Waals surface area (Å²) in [5, 5.41) is 3.21. The fraction of sp³-hybridized carbons (Fsp3) is 0.520. The van der Waals surface area contributed by atoms with Gasteiger partial charge in [0.2, 0.25) is 10.0 Å². The quantitative estimate of drug-likeness (QED) is 0.459. The molecule has 0 bridgehead atoms. The lowest BCUT2D eigenvalue weighted by Crippen LogP contribution is -2.30. The third kappa shape index (κ3) is 6.52. The third-order valence-electron chi connectivity index (χ3n) is 6.59. The van der Waals surface area contributed by atoms with Crippen LogP contribution in [0.1, 0.15) is 41.0 Å². The van der Waals surface area contributed by atoms with E-state index in [2.05, 4.69) is 10.0 Å². The first-order valence-corrected chi connectivity index (χ1v) is 13.3. The minimum atomic E-state index is -4.37. The maximum Gasteiger partial charge on any atom is 0.416 e. The van der Waals surface area contributed by atoms with Crippen molar-refractivity contribution in [3.63, 3.8) is 0 Å². The second kappa shape index (κ2) is 10.3. The van der Waals surface area contributed by atoms with Gasteiger partial charge in [-0.3, -0.25) is 0 Å². The summed E-state index contributed by atoms with van der Waals surface area (Å²) in [6.07, 6.45) is -1.06. The Morgan fingerprint density at radius 3 is 2.62 bits per heavy atom. The molecule has 2 aromatic rings. The summed E-state index contributed by atoms with van der Waals surface area (Å²) in [5.74, 6) is 1.43. The van der Waals surface area contributed by atoms with Gasteiger partial charge in [0, 0.05) is 6.54 Å². The molecule has 186 valence electrons. The standard InChI is InChI=1S/C25H31F3N2O3S/c1-29-15-20-13-19-7-8-22(33-10-9-30-34(31,32)16-17-5-6-17)14-24(19)23(20)12-18-3-2-4-21(11-18)25(26,27)28/h2-4,7-8,11,14,17,20,23,29-30H,5-6,9-10,12-13,15-16H2,1H3. The normalized spacial score (nSPS) is 20.4. The number of fused-ring (bicyclic) bond motifs is 1. The largest absolute Gasteiger partial charge is 0.492 e. The summed E-state index contributed by atoms with van der Waals surface area (Å²) < 4.78 is 72.0. The molecule has 9 heteroatoms. The van der Waals surface area contributed by atoms with E-state index >= 15 is 0 Å². The van der Waals surface area contributed by atoms with E-state index in [1.54, 1.807) is 6.07 Å². The smallest absolute Gasteiger partial charge is 0.416 e. The number of ether oxygens (including phenoxy) is 1. The molecule has 2 aliphatic carbocycles. The molecule has 1 fully saturated rings. The molecule has 0 amide bonds. The van der Waals surface area contributed by atoms with Gasteiger partial charge >= 0.3 is 6.18 Å². The first-order chi connectivity index (χ1) is 16.1. The van der Waals surface area contributed by atoms with Gasteiger partial charge in [-0.2, -0.15) is 13.2 Å². The van der Waals surface area contributed by atoms with Crippen molar-refractivity contribution in [2.45, 2.75) is 37.8 Å². The van der Waals surface area contributed by atoms with Crippen LogP contribution in [0, 0.1) is 11.8 Å². The third-order valence-corrected chi connectivity index (χ3v) is 8.14. The predicted molar refractivity (Wildman–Crippen MR) is 125 cm³/mol. The highest BCUT2D eigenvalue weighted by atomic mass is 32.2. The van der Waals surface area contributed by atoms with Crippen molar-refractivity contribution in [1.82, 2.24) is 10.0 Å². The van der Waals surface area contributed by atoms with E-state index in [1.807, 2.05) is 25.2 Å². The molecular formula is C25H31F3N2O3S. The minimum absolute atomic E-state index is 0.0616. The van der Waals surface area contributed by atoms with Gasteiger partial charge in [-0.25, -0.2) is 13.1 Å². The molecule has 0 saturated heterocycles. The fourth-order valence-corrected chi connectivity index (χ4v) is 6.24. The van der Waals surface area contributed by atoms with Crippen LogP contribution in [0.4, 0.5) is 13.2 Å². The average molecular weight is 497 g/mol. The first-order valence-electron chi connectivity index (χ1n) is 11.7. The molecule has 0 aliphatic heterocycles. The van der Waals surface area contributed by atoms with Crippen molar-refractivity contribution in [3.05, 3.63) is 64.7 Å². The van der Waals surface area contributed by atoms with Crippen molar-refractivity contribution in [3.8, 4) is 5.75 Å². The Morgan fingerprint density at radius 1 is 1.12 bits per heavy atom. The zero-order valence-corrected chi connectivity index (χ0v) is 20.0. The number of halogens is 3. The monoisotopic (exact) mass is 496 g/mol. The highest BCUT2D eigenvalue weighted by Gasteiger charge is 2.34. The molecule has 5 nitrogen and oxygen atoms in total. The summed E-state index contributed by atoms with van der Waals surface area (Å²) in [6.45, 7) is 1.17. The molecule has 2 atom stereocenters. The van der Waals surface area contributed by atoms with Gasteiger partial charge in [-0.1, -0.05) is 24.3 Å². The molecule has 2 N–H and O–H groups in total. The van der Waals surface area contributed by atoms with Crippen LogP contribution in [0.2, 0.25) is 0 Å². The van der Waals surface area contributed by atoms with Crippen LogP contribution in [0.3, 0.4) is 0 Å². The van der Waals surface area contributed by atoms with E-state index in [9.17, 15) is 21.6 Å². The second-order valence-electron chi connectivity index (χ2n) is 9.36. The number of benzene rings is 2. The lowest BCUT2D eigenvalue weighted by Gasteiger charge is -2.21. The summed E-state index contributed by atoms with van der Waals surface area (Å²) in [7, 11) is -1.39. The number of hydrogen-bond acceptors (Lipinski definition) is 4. The highest BCUT2D eigenvalue weighted by Crippen LogP contribution is 2.42. The molecule has 0 spiro atoms. The number of hydrogen-bond donors (Lipinski definition) is 2. The van der Waals surface area contributed by atoms with Crippen molar-refractivity contribution < 1.29 is 26.3 Å². The minimum Gasteiger partial charge on any atom is -0.492 e. The summed E-state index contributed by atoms with van der Waals surface area (Å²) >= 11 is 0. The molecule has 2 aliphatic rings. The summed E-state index contributed by atoms with van der Waals surface area (Å²) in [5.41, 5.74) is 2.29. The fourth-order valence-electron chi connectivity index (χ4n) is 4.77. The molecule has 0 radical (unpaired) electrons. The van der Waals surface area contributed by atoms with Crippen LogP contribution in [0.25, 0.3) is 0 Å². The Balaban J connectivity index is 1.43. The van der Waals surface area contributed by atoms with Crippen molar-refractivity contribution >= 4 is 10.0 Å². The zero-order valence-electron chi connectivity index (χ0n) is 19.2. The van der Waals surface area contributed by atoms with Gasteiger partial charge in [0.25, 0.3) is 0 Å². The van der Waals surface area contributed by atoms with Gasteiger partial charge in [0.1, 0.15) is 12.4 Å². The van der Waals surface area contributed by atoms with Crippen molar-refractivity contribution in [1.29, 1.82) is 0 Å². The van der Waals surface area contributed by atoms with Crippen molar-refractivity contribution in [2.75, 3.05) is 32.5 Å². The second-order valence-corrected chi connectivity index (χ2v) is 11.2. The number of alkyl halides is 3. The van der Waals surface area contributed by atoms with Gasteiger partial charge in [0.05, 0.1) is 11.3 Å². The predicted octanol–water partition coefficient (Wildman–Crippen LogP) is 4.13. The molecule has 4 rings (SSSR count). The maximum absolute atomic E-state index is 13.2. The molecule has 0 heterocycles. The Labute approximate surface area is 199 Å². The molecule has 1 saturated carbocycles. The molecule has 2 aromatic carbocycles. The van der Waals surface area contributed by atoms with Crippen LogP contribution in [-0.2, 0) is 29.0 Å². The Hall–Kier alpha value is -2.10. The number of nitrogens with one attached hydrogen (secondary N) is 2. The van der Waals surface area contributed by atoms with Crippen LogP contribution in [0.5, 0.6) is 5.75 Å². The Morgan fingerprint density at radius 2 is 1.91 bits per heavy atom. The van der Waals surface area contributed by atoms with E-state index in [4.69, 9.17) is 4.74 Å². The highest BCUT2D eigenvalue weighted by molar-refractivity contribution is 7.89. The van der Waals surface area contributed by atoms with Crippen LogP contribution < -0.4 is 14.8 Å². The van der Waals surface area contributed by atoms with Crippen LogP contribution in [-0.4, -0.2) is 40.9 Å². The van der Waals surface area contributed by atoms with E-state index in [0.717, 1.165) is 37.4 Å². The van der Waals surface area contributed by atoms with E-state index in [0.29, 0.717) is 17.7 Å². The summed E-state index contributed by atoms with van der Waals surface area (Å²) in [4.78, 5) is 0.